The van der Waals surface area contributed by atoms with Gasteiger partial charge < -0.3 is 24.8 Å². The van der Waals surface area contributed by atoms with Crippen molar-refractivity contribution in [3.8, 4) is 5.75 Å². The first kappa shape index (κ1) is 18.8. The fourth-order valence-electron chi connectivity index (χ4n) is 3.21. The Balaban J connectivity index is 1.60. The van der Waals surface area contributed by atoms with Crippen LogP contribution >= 0.6 is 11.6 Å². The zero-order chi connectivity index (χ0) is 18.5. The summed E-state index contributed by atoms with van der Waals surface area (Å²) in [6.45, 7) is 2.00. The molecule has 0 radical (unpaired) electrons. The zero-order valence-corrected chi connectivity index (χ0v) is 15.2. The SMILES string of the molecule is O=C(O)C1CCN(C(=O)Nc2cc(Cl)ccc2OCC2CCCO2)CC1. The van der Waals surface area contributed by atoms with Crippen molar-refractivity contribution in [2.45, 2.75) is 31.8 Å². The molecule has 0 spiro atoms. The number of urea groups is 1. The molecule has 0 saturated carbocycles. The number of rotatable bonds is 5. The number of aliphatic carboxylic acids is 1. The summed E-state index contributed by atoms with van der Waals surface area (Å²) in [5.41, 5.74) is 0.501. The summed E-state index contributed by atoms with van der Waals surface area (Å²) in [5.74, 6) is -0.640. The van der Waals surface area contributed by atoms with Crippen molar-refractivity contribution in [1.82, 2.24) is 4.90 Å². The summed E-state index contributed by atoms with van der Waals surface area (Å²) >= 11 is 6.06. The molecule has 2 fully saturated rings. The highest BCUT2D eigenvalue weighted by Gasteiger charge is 2.27. The highest BCUT2D eigenvalue weighted by Crippen LogP contribution is 2.29. The fraction of sp³-hybridized carbons (Fsp3) is 0.556. The Morgan fingerprint density at radius 1 is 1.31 bits per heavy atom. The van der Waals surface area contributed by atoms with Crippen molar-refractivity contribution in [3.63, 3.8) is 0 Å². The average Bonchev–Trinajstić information content (AvgIpc) is 3.14. The largest absolute Gasteiger partial charge is 0.489 e. The molecule has 8 heteroatoms. The van der Waals surface area contributed by atoms with Gasteiger partial charge in [-0.15, -0.1) is 0 Å². The number of carbonyl (C=O) groups excluding carboxylic acids is 1. The van der Waals surface area contributed by atoms with Crippen LogP contribution in [0.25, 0.3) is 0 Å². The second-order valence-corrected chi connectivity index (χ2v) is 7.05. The highest BCUT2D eigenvalue weighted by atomic mass is 35.5. The molecule has 0 aromatic heterocycles. The zero-order valence-electron chi connectivity index (χ0n) is 14.4. The van der Waals surface area contributed by atoms with Crippen molar-refractivity contribution in [1.29, 1.82) is 0 Å². The maximum absolute atomic E-state index is 12.5. The molecule has 2 saturated heterocycles. The molecule has 0 bridgehead atoms. The van der Waals surface area contributed by atoms with Crippen molar-refractivity contribution >= 4 is 29.3 Å². The summed E-state index contributed by atoms with van der Waals surface area (Å²) in [5, 5.41) is 12.4. The van der Waals surface area contributed by atoms with E-state index in [2.05, 4.69) is 5.32 Å². The molecular weight excluding hydrogens is 360 g/mol. The molecule has 2 N–H and O–H groups in total. The Hall–Kier alpha value is -1.99. The number of halogens is 1. The number of carbonyl (C=O) groups is 2. The first-order valence-electron chi connectivity index (χ1n) is 8.85. The van der Waals surface area contributed by atoms with Crippen LogP contribution < -0.4 is 10.1 Å². The summed E-state index contributed by atoms with van der Waals surface area (Å²) in [4.78, 5) is 25.2. The normalized spacial score (nSPS) is 20.8. The molecule has 1 unspecified atom stereocenters. The maximum atomic E-state index is 12.5. The van der Waals surface area contributed by atoms with Gasteiger partial charge in [-0.25, -0.2) is 4.79 Å². The lowest BCUT2D eigenvalue weighted by Crippen LogP contribution is -2.42. The van der Waals surface area contributed by atoms with Gasteiger partial charge in [0.15, 0.2) is 0 Å². The van der Waals surface area contributed by atoms with Crippen LogP contribution in [0.15, 0.2) is 18.2 Å². The second-order valence-electron chi connectivity index (χ2n) is 6.62. The number of nitrogens with zero attached hydrogens (tertiary/aromatic N) is 1. The molecule has 2 aliphatic rings. The number of hydrogen-bond donors (Lipinski definition) is 2. The Kier molecular flexibility index (Phi) is 6.21. The molecule has 2 aliphatic heterocycles. The van der Waals surface area contributed by atoms with Crippen LogP contribution in [-0.4, -0.2) is 54.4 Å². The van der Waals surface area contributed by atoms with Crippen LogP contribution in [0.3, 0.4) is 0 Å². The first-order chi connectivity index (χ1) is 12.5. The Labute approximate surface area is 157 Å². The van der Waals surface area contributed by atoms with E-state index in [-0.39, 0.29) is 18.1 Å². The van der Waals surface area contributed by atoms with E-state index in [1.54, 1.807) is 23.1 Å². The summed E-state index contributed by atoms with van der Waals surface area (Å²) in [7, 11) is 0. The van der Waals surface area contributed by atoms with Crippen molar-refractivity contribution < 1.29 is 24.2 Å². The van der Waals surface area contributed by atoms with Gasteiger partial charge in [-0.2, -0.15) is 0 Å². The smallest absolute Gasteiger partial charge is 0.321 e. The van der Waals surface area contributed by atoms with Crippen LogP contribution in [0, 0.1) is 5.92 Å². The van der Waals surface area contributed by atoms with E-state index in [0.717, 1.165) is 19.4 Å². The number of amides is 2. The van der Waals surface area contributed by atoms with Crippen molar-refractivity contribution in [2.75, 3.05) is 31.6 Å². The Morgan fingerprint density at radius 2 is 2.08 bits per heavy atom. The van der Waals surface area contributed by atoms with E-state index in [9.17, 15) is 9.59 Å². The van der Waals surface area contributed by atoms with E-state index in [1.165, 1.54) is 0 Å². The third-order valence-electron chi connectivity index (χ3n) is 4.76. The quantitative estimate of drug-likeness (QED) is 0.816. The minimum atomic E-state index is -0.801. The first-order valence-corrected chi connectivity index (χ1v) is 9.23. The molecule has 7 nitrogen and oxygen atoms in total. The Morgan fingerprint density at radius 3 is 2.73 bits per heavy atom. The second kappa shape index (κ2) is 8.60. The number of anilines is 1. The number of nitrogens with one attached hydrogen (secondary N) is 1. The fourth-order valence-corrected chi connectivity index (χ4v) is 3.38. The van der Waals surface area contributed by atoms with Gasteiger partial charge in [0.1, 0.15) is 12.4 Å². The number of piperidine rings is 1. The van der Waals surface area contributed by atoms with Gasteiger partial charge in [-0.05, 0) is 43.9 Å². The Bertz CT molecular complexity index is 655. The van der Waals surface area contributed by atoms with Crippen LogP contribution in [0.5, 0.6) is 5.75 Å². The lowest BCUT2D eigenvalue weighted by Gasteiger charge is -2.30. The topological polar surface area (TPSA) is 88.1 Å². The molecule has 142 valence electrons. The molecule has 2 heterocycles. The van der Waals surface area contributed by atoms with Gasteiger partial charge in [0.05, 0.1) is 17.7 Å². The van der Waals surface area contributed by atoms with Gasteiger partial charge in [0.2, 0.25) is 0 Å². The van der Waals surface area contributed by atoms with E-state index >= 15 is 0 Å². The van der Waals surface area contributed by atoms with Crippen LogP contribution in [-0.2, 0) is 9.53 Å². The van der Waals surface area contributed by atoms with Gasteiger partial charge >= 0.3 is 12.0 Å². The third kappa shape index (κ3) is 4.80. The molecule has 0 aliphatic carbocycles. The van der Waals surface area contributed by atoms with Gasteiger partial charge in [-0.3, -0.25) is 4.79 Å². The van der Waals surface area contributed by atoms with E-state index < -0.39 is 5.97 Å². The van der Waals surface area contributed by atoms with Crippen LogP contribution in [0.4, 0.5) is 10.5 Å². The van der Waals surface area contributed by atoms with Gasteiger partial charge in [-0.1, -0.05) is 11.6 Å². The monoisotopic (exact) mass is 382 g/mol. The van der Waals surface area contributed by atoms with Crippen LogP contribution in [0.1, 0.15) is 25.7 Å². The minimum absolute atomic E-state index is 0.0734. The predicted octanol–water partition coefficient (Wildman–Crippen LogP) is 3.23. The standard InChI is InChI=1S/C18H23ClN2O5/c19-13-3-4-16(26-11-14-2-1-9-25-14)15(10-13)20-18(24)21-7-5-12(6-8-21)17(22)23/h3-4,10,12,14H,1-2,5-9,11H2,(H,20,24)(H,22,23). The number of benzene rings is 1. The van der Waals surface area contributed by atoms with Crippen molar-refractivity contribution in [2.24, 2.45) is 5.92 Å². The number of ether oxygens (including phenoxy) is 2. The maximum Gasteiger partial charge on any atom is 0.321 e. The average molecular weight is 383 g/mol. The molecule has 26 heavy (non-hydrogen) atoms. The van der Waals surface area contributed by atoms with Gasteiger partial charge in [0.25, 0.3) is 0 Å². The lowest BCUT2D eigenvalue weighted by molar-refractivity contribution is -0.143. The van der Waals surface area contributed by atoms with Crippen molar-refractivity contribution in [3.05, 3.63) is 23.2 Å². The summed E-state index contributed by atoms with van der Waals surface area (Å²) in [6.07, 6.45) is 2.99. The lowest BCUT2D eigenvalue weighted by atomic mass is 9.97. The highest BCUT2D eigenvalue weighted by molar-refractivity contribution is 6.31. The van der Waals surface area contributed by atoms with Crippen LogP contribution in [0.2, 0.25) is 5.02 Å². The molecule has 2 amide bonds. The molecule has 1 aromatic rings. The number of likely N-dealkylation sites (tertiary alicyclic amines) is 1. The third-order valence-corrected chi connectivity index (χ3v) is 5.00. The van der Waals surface area contributed by atoms with E-state index in [4.69, 9.17) is 26.2 Å². The van der Waals surface area contributed by atoms with E-state index in [0.29, 0.717) is 49.0 Å². The number of carboxylic acid groups (broad SMARTS) is 1. The van der Waals surface area contributed by atoms with Gasteiger partial charge in [0, 0.05) is 24.7 Å². The predicted molar refractivity (Wildman–Crippen MR) is 96.9 cm³/mol. The summed E-state index contributed by atoms with van der Waals surface area (Å²) < 4.78 is 11.4. The molecule has 3 rings (SSSR count). The molecule has 1 atom stereocenters. The van der Waals surface area contributed by atoms with E-state index in [1.807, 2.05) is 0 Å². The number of carboxylic acids is 1. The minimum Gasteiger partial charge on any atom is -0.489 e. The molecule has 1 aromatic carbocycles. The number of hydrogen-bond acceptors (Lipinski definition) is 4. The molecular formula is C18H23ClN2O5. The summed E-state index contributed by atoms with van der Waals surface area (Å²) in [6, 6.07) is 4.80.